The topological polar surface area (TPSA) is 79.5 Å². The van der Waals surface area contributed by atoms with E-state index < -0.39 is 0 Å². The molecule has 6 nitrogen and oxygen atoms in total. The first-order chi connectivity index (χ1) is 12.0. The maximum Gasteiger partial charge on any atom is 0.255 e. The highest BCUT2D eigenvalue weighted by atomic mass is 16.5. The molecule has 0 spiro atoms. The minimum Gasteiger partial charge on any atom is -0.497 e. The molecule has 2 aromatic rings. The summed E-state index contributed by atoms with van der Waals surface area (Å²) >= 11 is 0. The zero-order chi connectivity index (χ0) is 18.2. The molecule has 0 radical (unpaired) electrons. The van der Waals surface area contributed by atoms with E-state index in [2.05, 4.69) is 16.0 Å². The molecule has 0 aromatic heterocycles. The summed E-state index contributed by atoms with van der Waals surface area (Å²) in [4.78, 5) is 24.2. The fourth-order valence-electron chi connectivity index (χ4n) is 2.25. The lowest BCUT2D eigenvalue weighted by molar-refractivity contribution is -0.119. The van der Waals surface area contributed by atoms with Crippen molar-refractivity contribution in [2.75, 3.05) is 31.3 Å². The Hall–Kier alpha value is -2.86. The Morgan fingerprint density at radius 2 is 1.52 bits per heavy atom. The van der Waals surface area contributed by atoms with E-state index in [4.69, 9.17) is 4.74 Å². The van der Waals surface area contributed by atoms with Crippen molar-refractivity contribution < 1.29 is 14.3 Å². The summed E-state index contributed by atoms with van der Waals surface area (Å²) in [5.74, 6) is 0.310. The van der Waals surface area contributed by atoms with Crippen LogP contribution in [0.1, 0.15) is 17.3 Å². The molecule has 1 unspecified atom stereocenters. The number of benzene rings is 2. The zero-order valence-electron chi connectivity index (χ0n) is 14.6. The second-order valence-corrected chi connectivity index (χ2v) is 5.71. The maximum atomic E-state index is 12.3. The fraction of sp³-hybridized carbons (Fsp3) is 0.263. The molecular weight excluding hydrogens is 318 g/mol. The third kappa shape index (κ3) is 5.32. The van der Waals surface area contributed by atoms with Gasteiger partial charge >= 0.3 is 0 Å². The lowest BCUT2D eigenvalue weighted by Gasteiger charge is -2.12. The van der Waals surface area contributed by atoms with Crippen LogP contribution in [0.5, 0.6) is 5.75 Å². The van der Waals surface area contributed by atoms with Crippen LogP contribution in [0.2, 0.25) is 0 Å². The number of nitrogens with one attached hydrogen (secondary N) is 3. The van der Waals surface area contributed by atoms with Crippen LogP contribution in [0.3, 0.4) is 0 Å². The molecule has 6 heteroatoms. The van der Waals surface area contributed by atoms with Gasteiger partial charge in [0.1, 0.15) is 5.75 Å². The van der Waals surface area contributed by atoms with E-state index in [0.29, 0.717) is 23.5 Å². The van der Waals surface area contributed by atoms with E-state index in [1.54, 1.807) is 62.7 Å². The molecule has 0 saturated carbocycles. The van der Waals surface area contributed by atoms with Crippen molar-refractivity contribution in [2.24, 2.45) is 5.92 Å². The van der Waals surface area contributed by atoms with Gasteiger partial charge in [0.15, 0.2) is 0 Å². The second-order valence-electron chi connectivity index (χ2n) is 5.71. The van der Waals surface area contributed by atoms with Crippen molar-refractivity contribution >= 4 is 23.2 Å². The van der Waals surface area contributed by atoms with Crippen LogP contribution in [0.15, 0.2) is 48.5 Å². The predicted molar refractivity (Wildman–Crippen MR) is 99.1 cm³/mol. The van der Waals surface area contributed by atoms with E-state index in [1.165, 1.54) is 0 Å². The number of rotatable bonds is 7. The number of carbonyl (C=O) groups excluding carboxylic acids is 2. The summed E-state index contributed by atoms with van der Waals surface area (Å²) < 4.78 is 5.08. The highest BCUT2D eigenvalue weighted by molar-refractivity contribution is 6.04. The largest absolute Gasteiger partial charge is 0.497 e. The Balaban J connectivity index is 1.96. The van der Waals surface area contributed by atoms with Crippen molar-refractivity contribution in [3.63, 3.8) is 0 Å². The molecule has 0 saturated heterocycles. The summed E-state index contributed by atoms with van der Waals surface area (Å²) in [6, 6.07) is 13.9. The van der Waals surface area contributed by atoms with Crippen molar-refractivity contribution in [3.8, 4) is 5.75 Å². The Morgan fingerprint density at radius 1 is 0.960 bits per heavy atom. The minimum atomic E-state index is -0.216. The molecule has 25 heavy (non-hydrogen) atoms. The molecule has 132 valence electrons. The molecule has 2 aromatic carbocycles. The molecule has 2 rings (SSSR count). The van der Waals surface area contributed by atoms with Gasteiger partial charge in [-0.15, -0.1) is 0 Å². The average molecular weight is 341 g/mol. The third-order valence-corrected chi connectivity index (χ3v) is 3.72. The molecule has 0 aliphatic rings. The summed E-state index contributed by atoms with van der Waals surface area (Å²) in [6.45, 7) is 2.46. The van der Waals surface area contributed by atoms with Gasteiger partial charge in [-0.05, 0) is 55.6 Å². The molecule has 3 N–H and O–H groups in total. The summed E-state index contributed by atoms with van der Waals surface area (Å²) in [6.07, 6.45) is 0. The summed E-state index contributed by atoms with van der Waals surface area (Å²) in [7, 11) is 3.40. The van der Waals surface area contributed by atoms with Crippen molar-refractivity contribution in [2.45, 2.75) is 6.92 Å². The van der Waals surface area contributed by atoms with Crippen LogP contribution in [0, 0.1) is 5.92 Å². The van der Waals surface area contributed by atoms with Gasteiger partial charge in [0.25, 0.3) is 5.91 Å². The number of hydrogen-bond acceptors (Lipinski definition) is 4. The van der Waals surface area contributed by atoms with Crippen LogP contribution in [-0.4, -0.2) is 32.5 Å². The first kappa shape index (κ1) is 18.5. The number of amides is 2. The quantitative estimate of drug-likeness (QED) is 0.723. The lowest BCUT2D eigenvalue weighted by Crippen LogP contribution is -2.28. The van der Waals surface area contributed by atoms with Crippen LogP contribution in [0.25, 0.3) is 0 Å². The van der Waals surface area contributed by atoms with Crippen LogP contribution < -0.4 is 20.7 Å². The Kier molecular flexibility index (Phi) is 6.54. The fourth-order valence-corrected chi connectivity index (χ4v) is 2.25. The van der Waals surface area contributed by atoms with Gasteiger partial charge in [0.2, 0.25) is 5.91 Å². The lowest BCUT2D eigenvalue weighted by atomic mass is 10.1. The predicted octanol–water partition coefficient (Wildman–Crippen LogP) is 2.74. The molecule has 0 aliphatic carbocycles. The van der Waals surface area contributed by atoms with Gasteiger partial charge in [-0.1, -0.05) is 6.92 Å². The molecular formula is C19H23N3O3. The molecule has 0 fully saturated rings. The Morgan fingerprint density at radius 3 is 2.08 bits per heavy atom. The number of ether oxygens (including phenoxy) is 1. The van der Waals surface area contributed by atoms with Crippen LogP contribution in [-0.2, 0) is 4.79 Å². The first-order valence-electron chi connectivity index (χ1n) is 8.04. The summed E-state index contributed by atoms with van der Waals surface area (Å²) in [5.41, 5.74) is 1.86. The van der Waals surface area contributed by atoms with Gasteiger partial charge in [0, 0.05) is 29.4 Å². The standard InChI is InChI=1S/C19H23N3O3/c1-13(12-20-2)18(23)21-15-6-4-14(5-7-15)19(24)22-16-8-10-17(25-3)11-9-16/h4-11,13,20H,12H2,1-3H3,(H,21,23)(H,22,24). The van der Waals surface area contributed by atoms with E-state index >= 15 is 0 Å². The molecule has 2 amide bonds. The molecule has 0 bridgehead atoms. The maximum absolute atomic E-state index is 12.3. The highest BCUT2D eigenvalue weighted by Crippen LogP contribution is 2.17. The molecule has 0 heterocycles. The van der Waals surface area contributed by atoms with Crippen molar-refractivity contribution in [1.82, 2.24) is 5.32 Å². The Labute approximate surface area is 147 Å². The van der Waals surface area contributed by atoms with Crippen LogP contribution in [0.4, 0.5) is 11.4 Å². The zero-order valence-corrected chi connectivity index (χ0v) is 14.6. The van der Waals surface area contributed by atoms with Gasteiger partial charge in [0.05, 0.1) is 7.11 Å². The SMILES string of the molecule is CNCC(C)C(=O)Nc1ccc(C(=O)Nc2ccc(OC)cc2)cc1. The molecule has 0 aliphatic heterocycles. The van der Waals surface area contributed by atoms with Gasteiger partial charge in [-0.2, -0.15) is 0 Å². The number of anilines is 2. The average Bonchev–Trinajstić information content (AvgIpc) is 2.63. The van der Waals surface area contributed by atoms with Crippen molar-refractivity contribution in [3.05, 3.63) is 54.1 Å². The first-order valence-corrected chi connectivity index (χ1v) is 8.04. The Bertz CT molecular complexity index is 712. The number of hydrogen-bond donors (Lipinski definition) is 3. The molecule has 1 atom stereocenters. The van der Waals surface area contributed by atoms with E-state index in [-0.39, 0.29) is 17.7 Å². The second kappa shape index (κ2) is 8.84. The smallest absolute Gasteiger partial charge is 0.255 e. The minimum absolute atomic E-state index is 0.0650. The van der Waals surface area contributed by atoms with Gasteiger partial charge in [-0.3, -0.25) is 9.59 Å². The monoisotopic (exact) mass is 341 g/mol. The van der Waals surface area contributed by atoms with E-state index in [0.717, 1.165) is 5.75 Å². The van der Waals surface area contributed by atoms with Crippen LogP contribution >= 0.6 is 0 Å². The highest BCUT2D eigenvalue weighted by Gasteiger charge is 2.12. The van der Waals surface area contributed by atoms with Gasteiger partial charge in [-0.25, -0.2) is 0 Å². The third-order valence-electron chi connectivity index (χ3n) is 3.72. The normalized spacial score (nSPS) is 11.5. The summed E-state index contributed by atoms with van der Waals surface area (Å²) in [5, 5.41) is 8.61. The van der Waals surface area contributed by atoms with E-state index in [1.807, 2.05) is 6.92 Å². The number of carbonyl (C=O) groups is 2. The van der Waals surface area contributed by atoms with Crippen molar-refractivity contribution in [1.29, 1.82) is 0 Å². The van der Waals surface area contributed by atoms with E-state index in [9.17, 15) is 9.59 Å². The number of methoxy groups -OCH3 is 1. The van der Waals surface area contributed by atoms with Gasteiger partial charge < -0.3 is 20.7 Å².